The fourth-order valence-electron chi connectivity index (χ4n) is 3.21. The number of fused-ring (bicyclic) bond motifs is 2. The van der Waals surface area contributed by atoms with Gasteiger partial charge in [0.05, 0.1) is 32.3 Å². The first kappa shape index (κ1) is 16.4. The maximum absolute atomic E-state index is 11.6. The SMILES string of the molecule is COc1c(OCCCCn2ccnc2)ccc2c1CN1CC(=O)NC1=N2. The number of nitrogens with zero attached hydrogens (tertiary/aromatic N) is 4. The average Bonchev–Trinajstić information content (AvgIpc) is 3.27. The Bertz CT molecular complexity index is 832. The number of unbranched alkanes of at least 4 members (excludes halogenated alkanes) is 1. The number of hydrogen-bond acceptors (Lipinski definition) is 6. The van der Waals surface area contributed by atoms with Gasteiger partial charge in [0.25, 0.3) is 0 Å². The molecule has 1 N–H and O–H groups in total. The summed E-state index contributed by atoms with van der Waals surface area (Å²) >= 11 is 0. The molecule has 0 aliphatic carbocycles. The Kier molecular flexibility index (Phi) is 4.47. The van der Waals surface area contributed by atoms with E-state index < -0.39 is 0 Å². The van der Waals surface area contributed by atoms with Gasteiger partial charge in [-0.05, 0) is 25.0 Å². The van der Waals surface area contributed by atoms with Gasteiger partial charge in [-0.25, -0.2) is 9.98 Å². The van der Waals surface area contributed by atoms with Gasteiger partial charge in [0.1, 0.15) is 6.54 Å². The molecule has 0 atom stereocenters. The zero-order valence-corrected chi connectivity index (χ0v) is 14.6. The minimum Gasteiger partial charge on any atom is -0.492 e. The second kappa shape index (κ2) is 7.07. The van der Waals surface area contributed by atoms with Crippen LogP contribution in [0.25, 0.3) is 0 Å². The Morgan fingerprint density at radius 3 is 3.00 bits per heavy atom. The second-order valence-electron chi connectivity index (χ2n) is 6.29. The first-order valence-electron chi connectivity index (χ1n) is 8.66. The third-order valence-electron chi connectivity index (χ3n) is 4.49. The van der Waals surface area contributed by atoms with E-state index in [1.165, 1.54) is 0 Å². The molecule has 1 aromatic heterocycles. The van der Waals surface area contributed by atoms with E-state index in [1.807, 2.05) is 29.6 Å². The predicted octanol–water partition coefficient (Wildman–Crippen LogP) is 1.68. The summed E-state index contributed by atoms with van der Waals surface area (Å²) in [6, 6.07) is 3.79. The van der Waals surface area contributed by atoms with E-state index in [1.54, 1.807) is 13.3 Å². The molecule has 3 heterocycles. The first-order chi connectivity index (χ1) is 12.7. The molecule has 0 bridgehead atoms. The van der Waals surface area contributed by atoms with Crippen LogP contribution in [0.4, 0.5) is 5.69 Å². The van der Waals surface area contributed by atoms with Crippen LogP contribution in [-0.4, -0.2) is 46.6 Å². The van der Waals surface area contributed by atoms with Crippen molar-refractivity contribution in [3.8, 4) is 11.5 Å². The minimum absolute atomic E-state index is 0.0371. The molecule has 1 amide bonds. The van der Waals surface area contributed by atoms with E-state index in [0.29, 0.717) is 37.2 Å². The second-order valence-corrected chi connectivity index (χ2v) is 6.29. The molecule has 0 spiro atoms. The van der Waals surface area contributed by atoms with Crippen LogP contribution < -0.4 is 14.8 Å². The van der Waals surface area contributed by atoms with Gasteiger partial charge < -0.3 is 18.9 Å². The van der Waals surface area contributed by atoms with Crippen LogP contribution in [0.2, 0.25) is 0 Å². The number of benzene rings is 1. The van der Waals surface area contributed by atoms with Crippen LogP contribution in [0.5, 0.6) is 11.5 Å². The largest absolute Gasteiger partial charge is 0.492 e. The summed E-state index contributed by atoms with van der Waals surface area (Å²) in [7, 11) is 1.63. The Morgan fingerprint density at radius 1 is 1.27 bits per heavy atom. The summed E-state index contributed by atoms with van der Waals surface area (Å²) < 4.78 is 13.6. The lowest BCUT2D eigenvalue weighted by molar-refractivity contribution is -0.118. The maximum Gasteiger partial charge on any atom is 0.246 e. The van der Waals surface area contributed by atoms with E-state index in [4.69, 9.17) is 9.47 Å². The number of aromatic nitrogens is 2. The monoisotopic (exact) mass is 355 g/mol. The molecule has 0 saturated carbocycles. The van der Waals surface area contributed by atoms with E-state index >= 15 is 0 Å². The minimum atomic E-state index is -0.0371. The number of guanidine groups is 1. The van der Waals surface area contributed by atoms with Crippen LogP contribution in [0.1, 0.15) is 18.4 Å². The number of rotatable bonds is 7. The van der Waals surface area contributed by atoms with Crippen molar-refractivity contribution in [1.82, 2.24) is 19.8 Å². The topological polar surface area (TPSA) is 81.0 Å². The standard InChI is InChI=1S/C18H21N5O3/c1-25-17-13-10-23-11-16(24)21-18(23)20-14(13)4-5-15(17)26-9-3-2-7-22-8-6-19-12-22/h4-6,8,12H,2-3,7,9-11H2,1H3,(H,20,21,24). The molecule has 26 heavy (non-hydrogen) atoms. The molecular weight excluding hydrogens is 334 g/mol. The molecule has 2 aliphatic rings. The number of ether oxygens (including phenoxy) is 2. The van der Waals surface area contributed by atoms with E-state index in [2.05, 4.69) is 19.9 Å². The quantitative estimate of drug-likeness (QED) is 0.765. The first-order valence-corrected chi connectivity index (χ1v) is 8.66. The van der Waals surface area contributed by atoms with Crippen LogP contribution in [0.3, 0.4) is 0 Å². The number of aryl methyl sites for hydroxylation is 1. The summed E-state index contributed by atoms with van der Waals surface area (Å²) in [5.41, 5.74) is 1.76. The Hall–Kier alpha value is -3.03. The van der Waals surface area contributed by atoms with Crippen LogP contribution in [0.15, 0.2) is 35.8 Å². The molecule has 1 saturated heterocycles. The summed E-state index contributed by atoms with van der Waals surface area (Å²) in [5, 5.41) is 2.77. The molecule has 0 radical (unpaired) electrons. The average molecular weight is 355 g/mol. The smallest absolute Gasteiger partial charge is 0.246 e. The van der Waals surface area contributed by atoms with E-state index in [0.717, 1.165) is 30.6 Å². The lowest BCUT2D eigenvalue weighted by Gasteiger charge is -2.25. The lowest BCUT2D eigenvalue weighted by Crippen LogP contribution is -2.32. The van der Waals surface area contributed by atoms with Gasteiger partial charge in [0.2, 0.25) is 11.9 Å². The van der Waals surface area contributed by atoms with Crippen molar-refractivity contribution >= 4 is 17.6 Å². The van der Waals surface area contributed by atoms with Gasteiger partial charge >= 0.3 is 0 Å². The molecular formula is C18H21N5O3. The molecule has 2 aliphatic heterocycles. The molecule has 1 aromatic carbocycles. The van der Waals surface area contributed by atoms with Crippen molar-refractivity contribution in [2.45, 2.75) is 25.9 Å². The molecule has 0 unspecified atom stereocenters. The number of amides is 1. The third kappa shape index (κ3) is 3.22. The zero-order valence-electron chi connectivity index (χ0n) is 14.6. The molecule has 136 valence electrons. The van der Waals surface area contributed by atoms with Gasteiger partial charge in [-0.2, -0.15) is 0 Å². The Morgan fingerprint density at radius 2 is 2.19 bits per heavy atom. The predicted molar refractivity (Wildman–Crippen MR) is 95.6 cm³/mol. The molecule has 8 heteroatoms. The van der Waals surface area contributed by atoms with Crippen molar-refractivity contribution in [2.24, 2.45) is 4.99 Å². The van der Waals surface area contributed by atoms with Crippen molar-refractivity contribution in [2.75, 3.05) is 20.3 Å². The van der Waals surface area contributed by atoms with Gasteiger partial charge in [-0.3, -0.25) is 10.1 Å². The normalized spacial score (nSPS) is 15.2. The summed E-state index contributed by atoms with van der Waals surface area (Å²) in [5.74, 6) is 1.98. The van der Waals surface area contributed by atoms with Gasteiger partial charge in [-0.1, -0.05) is 0 Å². The van der Waals surface area contributed by atoms with E-state index in [9.17, 15) is 4.79 Å². The highest BCUT2D eigenvalue weighted by atomic mass is 16.5. The lowest BCUT2D eigenvalue weighted by atomic mass is 10.1. The number of carbonyl (C=O) groups excluding carboxylic acids is 1. The number of imidazole rings is 1. The van der Waals surface area contributed by atoms with Gasteiger partial charge in [0.15, 0.2) is 11.5 Å². The van der Waals surface area contributed by atoms with Crippen molar-refractivity contribution < 1.29 is 14.3 Å². The molecule has 8 nitrogen and oxygen atoms in total. The highest BCUT2D eigenvalue weighted by molar-refractivity contribution is 6.06. The number of hydrogen-bond donors (Lipinski definition) is 1. The van der Waals surface area contributed by atoms with Crippen LogP contribution in [-0.2, 0) is 17.9 Å². The van der Waals surface area contributed by atoms with Crippen molar-refractivity contribution in [3.05, 3.63) is 36.4 Å². The van der Waals surface area contributed by atoms with Crippen molar-refractivity contribution in [1.29, 1.82) is 0 Å². The van der Waals surface area contributed by atoms with Crippen molar-refractivity contribution in [3.63, 3.8) is 0 Å². The number of nitrogens with one attached hydrogen (secondary N) is 1. The highest BCUT2D eigenvalue weighted by Gasteiger charge is 2.31. The summed E-state index contributed by atoms with van der Waals surface area (Å²) in [4.78, 5) is 22.0. The maximum atomic E-state index is 11.6. The number of aliphatic imine (C=N–C) groups is 1. The van der Waals surface area contributed by atoms with Gasteiger partial charge in [0, 0.05) is 24.5 Å². The van der Waals surface area contributed by atoms with Crippen LogP contribution >= 0.6 is 0 Å². The summed E-state index contributed by atoms with van der Waals surface area (Å²) in [6.45, 7) is 2.44. The number of carbonyl (C=O) groups is 1. The van der Waals surface area contributed by atoms with Gasteiger partial charge in [-0.15, -0.1) is 0 Å². The highest BCUT2D eigenvalue weighted by Crippen LogP contribution is 2.40. The Labute approximate surface area is 151 Å². The fourth-order valence-corrected chi connectivity index (χ4v) is 3.21. The molecule has 2 aromatic rings. The molecule has 4 rings (SSSR count). The Balaban J connectivity index is 1.40. The molecule has 1 fully saturated rings. The summed E-state index contributed by atoms with van der Waals surface area (Å²) in [6.07, 6.45) is 7.51. The fraction of sp³-hybridized carbons (Fsp3) is 0.389. The third-order valence-corrected chi connectivity index (χ3v) is 4.49. The van der Waals surface area contributed by atoms with E-state index in [-0.39, 0.29) is 5.91 Å². The zero-order chi connectivity index (χ0) is 17.9. The van der Waals surface area contributed by atoms with Crippen LogP contribution in [0, 0.1) is 0 Å². The number of methoxy groups -OCH3 is 1.